The van der Waals surface area contributed by atoms with Gasteiger partial charge in [-0.1, -0.05) is 0 Å². The van der Waals surface area contributed by atoms with Gasteiger partial charge < -0.3 is 5.32 Å². The van der Waals surface area contributed by atoms with Crippen LogP contribution in [0.3, 0.4) is 0 Å². The van der Waals surface area contributed by atoms with Gasteiger partial charge in [0.15, 0.2) is 0 Å². The number of nitrogens with zero attached hydrogens (tertiary/aromatic N) is 3. The van der Waals surface area contributed by atoms with E-state index in [2.05, 4.69) is 15.4 Å². The molecule has 1 atom stereocenters. The molecule has 0 saturated heterocycles. The van der Waals surface area contributed by atoms with E-state index in [1.165, 1.54) is 12.3 Å². The molecule has 0 fully saturated rings. The molecule has 5 heteroatoms. The Hall–Kier alpha value is -2.69. The van der Waals surface area contributed by atoms with E-state index in [0.717, 1.165) is 17.1 Å². The van der Waals surface area contributed by atoms with Gasteiger partial charge in [-0.25, -0.2) is 9.07 Å². The van der Waals surface area contributed by atoms with E-state index in [-0.39, 0.29) is 11.9 Å². The van der Waals surface area contributed by atoms with Crippen molar-refractivity contribution in [2.45, 2.75) is 13.0 Å². The number of pyridine rings is 1. The molecule has 0 aliphatic heterocycles. The summed E-state index contributed by atoms with van der Waals surface area (Å²) in [7, 11) is 0. The highest BCUT2D eigenvalue weighted by molar-refractivity contribution is 5.49. The highest BCUT2D eigenvalue weighted by Gasteiger charge is 2.07. The summed E-state index contributed by atoms with van der Waals surface area (Å²) in [6.07, 6.45) is 4.87. The molecule has 3 aromatic rings. The lowest BCUT2D eigenvalue weighted by Crippen LogP contribution is -2.08. The first-order chi connectivity index (χ1) is 10.2. The molecule has 0 aliphatic carbocycles. The smallest absolute Gasteiger partial charge is 0.141 e. The van der Waals surface area contributed by atoms with Gasteiger partial charge in [0.25, 0.3) is 0 Å². The van der Waals surface area contributed by atoms with Crippen molar-refractivity contribution in [2.24, 2.45) is 0 Å². The van der Waals surface area contributed by atoms with Crippen LogP contribution in [0.25, 0.3) is 5.69 Å². The largest absolute Gasteiger partial charge is 0.377 e. The predicted octanol–water partition coefficient (Wildman–Crippen LogP) is 3.58. The highest BCUT2D eigenvalue weighted by Crippen LogP contribution is 2.19. The minimum absolute atomic E-state index is 0.00107. The van der Waals surface area contributed by atoms with Crippen molar-refractivity contribution in [1.82, 2.24) is 14.8 Å². The number of anilines is 1. The second-order valence-electron chi connectivity index (χ2n) is 4.76. The summed E-state index contributed by atoms with van der Waals surface area (Å²) in [6, 6.07) is 12.9. The van der Waals surface area contributed by atoms with Crippen LogP contribution in [0.15, 0.2) is 61.1 Å². The van der Waals surface area contributed by atoms with E-state index >= 15 is 0 Å². The lowest BCUT2D eigenvalue weighted by molar-refractivity contribution is 0.617. The Balaban J connectivity index is 1.71. The Bertz CT molecular complexity index is 690. The van der Waals surface area contributed by atoms with Gasteiger partial charge in [-0.3, -0.25) is 4.98 Å². The molecule has 2 heterocycles. The van der Waals surface area contributed by atoms with Crippen molar-refractivity contribution in [3.63, 3.8) is 0 Å². The number of halogens is 1. The fraction of sp³-hybridized carbons (Fsp3) is 0.125. The summed E-state index contributed by atoms with van der Waals surface area (Å²) in [6.45, 7) is 1.99. The summed E-state index contributed by atoms with van der Waals surface area (Å²) >= 11 is 0. The average Bonchev–Trinajstić information content (AvgIpc) is 3.03. The zero-order valence-corrected chi connectivity index (χ0v) is 11.6. The van der Waals surface area contributed by atoms with Crippen LogP contribution in [-0.4, -0.2) is 14.8 Å². The number of nitrogens with one attached hydrogen (secondary N) is 1. The molecular formula is C16H15FN4. The number of benzene rings is 1. The number of aromatic nitrogens is 3. The van der Waals surface area contributed by atoms with Gasteiger partial charge in [-0.15, -0.1) is 0 Å². The van der Waals surface area contributed by atoms with E-state index in [0.29, 0.717) is 0 Å². The first kappa shape index (κ1) is 13.3. The molecule has 1 N–H and O–H groups in total. The molecule has 3 rings (SSSR count). The van der Waals surface area contributed by atoms with Crippen LogP contribution in [0.2, 0.25) is 0 Å². The van der Waals surface area contributed by atoms with Gasteiger partial charge in [-0.2, -0.15) is 5.10 Å². The van der Waals surface area contributed by atoms with Crippen molar-refractivity contribution in [2.75, 3.05) is 5.32 Å². The monoisotopic (exact) mass is 282 g/mol. The molecule has 106 valence electrons. The first-order valence-corrected chi connectivity index (χ1v) is 6.70. The number of rotatable bonds is 4. The van der Waals surface area contributed by atoms with Gasteiger partial charge >= 0.3 is 0 Å². The number of hydrogen-bond donors (Lipinski definition) is 1. The molecule has 0 radical (unpaired) electrons. The maximum absolute atomic E-state index is 12.9. The van der Waals surface area contributed by atoms with Crippen LogP contribution in [0.5, 0.6) is 0 Å². The van der Waals surface area contributed by atoms with Crippen LogP contribution < -0.4 is 5.32 Å². The standard InChI is InChI=1S/C16H15FN4/c1-12(16-8-3-13(17)11-18-16)20-14-4-6-15(7-5-14)21-10-2-9-19-21/h2-12,20H,1H3. The first-order valence-electron chi connectivity index (χ1n) is 6.70. The van der Waals surface area contributed by atoms with Crippen LogP contribution in [0.4, 0.5) is 10.1 Å². The van der Waals surface area contributed by atoms with Crippen molar-refractivity contribution in [3.8, 4) is 5.69 Å². The van der Waals surface area contributed by atoms with Crippen molar-refractivity contribution in [3.05, 3.63) is 72.6 Å². The van der Waals surface area contributed by atoms with E-state index in [1.807, 2.05) is 43.5 Å². The lowest BCUT2D eigenvalue weighted by Gasteiger charge is -2.15. The second kappa shape index (κ2) is 5.75. The topological polar surface area (TPSA) is 42.7 Å². The Morgan fingerprint density at radius 3 is 2.57 bits per heavy atom. The summed E-state index contributed by atoms with van der Waals surface area (Å²) in [5, 5.41) is 7.52. The fourth-order valence-corrected chi connectivity index (χ4v) is 2.10. The van der Waals surface area contributed by atoms with Crippen molar-refractivity contribution >= 4 is 5.69 Å². The Morgan fingerprint density at radius 2 is 1.95 bits per heavy atom. The minimum atomic E-state index is -0.325. The lowest BCUT2D eigenvalue weighted by atomic mass is 10.2. The quantitative estimate of drug-likeness (QED) is 0.795. The van der Waals surface area contributed by atoms with Crippen LogP contribution in [-0.2, 0) is 0 Å². The molecule has 0 amide bonds. The minimum Gasteiger partial charge on any atom is -0.377 e. The van der Waals surface area contributed by atoms with Crippen molar-refractivity contribution < 1.29 is 4.39 Å². The molecule has 0 aliphatic rings. The predicted molar refractivity (Wildman–Crippen MR) is 79.8 cm³/mol. The van der Waals surface area contributed by atoms with Gasteiger partial charge in [0.1, 0.15) is 5.82 Å². The summed E-state index contributed by atoms with van der Waals surface area (Å²) in [4.78, 5) is 4.08. The second-order valence-corrected chi connectivity index (χ2v) is 4.76. The Kier molecular flexibility index (Phi) is 3.64. The van der Waals surface area contributed by atoms with Gasteiger partial charge in [0.05, 0.1) is 23.6 Å². The third kappa shape index (κ3) is 3.08. The maximum Gasteiger partial charge on any atom is 0.141 e. The molecule has 1 aromatic carbocycles. The third-order valence-corrected chi connectivity index (χ3v) is 3.21. The van der Waals surface area contributed by atoms with Gasteiger partial charge in [-0.05, 0) is 49.4 Å². The molecule has 0 spiro atoms. The summed E-state index contributed by atoms with van der Waals surface area (Å²) in [5.74, 6) is -0.325. The van der Waals surface area contributed by atoms with E-state index in [4.69, 9.17) is 0 Å². The van der Waals surface area contributed by atoms with E-state index in [9.17, 15) is 4.39 Å². The molecule has 1 unspecified atom stereocenters. The van der Waals surface area contributed by atoms with E-state index in [1.54, 1.807) is 16.9 Å². The van der Waals surface area contributed by atoms with E-state index < -0.39 is 0 Å². The molecule has 0 saturated carbocycles. The third-order valence-electron chi connectivity index (χ3n) is 3.21. The average molecular weight is 282 g/mol. The highest BCUT2D eigenvalue weighted by atomic mass is 19.1. The zero-order chi connectivity index (χ0) is 14.7. The Morgan fingerprint density at radius 1 is 1.14 bits per heavy atom. The maximum atomic E-state index is 12.9. The molecule has 21 heavy (non-hydrogen) atoms. The SMILES string of the molecule is CC(Nc1ccc(-n2cccn2)cc1)c1ccc(F)cn1. The number of hydrogen-bond acceptors (Lipinski definition) is 3. The summed E-state index contributed by atoms with van der Waals surface area (Å²) in [5.41, 5.74) is 2.77. The van der Waals surface area contributed by atoms with Crippen LogP contribution in [0.1, 0.15) is 18.7 Å². The molecule has 4 nitrogen and oxygen atoms in total. The Labute approximate surface area is 122 Å². The zero-order valence-electron chi connectivity index (χ0n) is 11.6. The van der Waals surface area contributed by atoms with Gasteiger partial charge in [0.2, 0.25) is 0 Å². The van der Waals surface area contributed by atoms with Crippen molar-refractivity contribution in [1.29, 1.82) is 0 Å². The van der Waals surface area contributed by atoms with Gasteiger partial charge in [0, 0.05) is 18.1 Å². The normalized spacial score (nSPS) is 12.1. The van der Waals surface area contributed by atoms with Crippen LogP contribution in [0, 0.1) is 5.82 Å². The fourth-order valence-electron chi connectivity index (χ4n) is 2.10. The molecular weight excluding hydrogens is 267 g/mol. The van der Waals surface area contributed by atoms with Crippen LogP contribution >= 0.6 is 0 Å². The summed E-state index contributed by atoms with van der Waals surface area (Å²) < 4.78 is 14.7. The molecule has 0 bridgehead atoms. The molecule has 2 aromatic heterocycles.